The number of ether oxygens (including phenoxy) is 1. The van der Waals surface area contributed by atoms with Gasteiger partial charge in [-0.2, -0.15) is 0 Å². The number of likely N-dealkylation sites (N-methyl/N-ethyl adjacent to an activating group) is 1. The SMILES string of the molecule is CN=C(NCCCOCC1CC1)NCc1cccnc1N1CCN(C)CC1. The lowest BCUT2D eigenvalue weighted by Crippen LogP contribution is -2.45. The predicted octanol–water partition coefficient (Wildman–Crippen LogP) is 1.32. The Hall–Kier alpha value is -1.86. The van der Waals surface area contributed by atoms with Crippen LogP contribution in [0.3, 0.4) is 0 Å². The van der Waals surface area contributed by atoms with Crippen LogP contribution in [0.25, 0.3) is 0 Å². The molecule has 1 aromatic heterocycles. The van der Waals surface area contributed by atoms with E-state index in [-0.39, 0.29) is 0 Å². The lowest BCUT2D eigenvalue weighted by molar-refractivity contribution is 0.123. The van der Waals surface area contributed by atoms with E-state index in [4.69, 9.17) is 4.74 Å². The normalized spacial score (nSPS) is 18.6. The quantitative estimate of drug-likeness (QED) is 0.386. The summed E-state index contributed by atoms with van der Waals surface area (Å²) in [6, 6.07) is 4.15. The summed E-state index contributed by atoms with van der Waals surface area (Å²) in [6.07, 6.45) is 5.57. The third-order valence-electron chi connectivity index (χ3n) is 5.15. The van der Waals surface area contributed by atoms with Gasteiger partial charge in [-0.1, -0.05) is 6.07 Å². The van der Waals surface area contributed by atoms with Crippen molar-refractivity contribution in [2.75, 3.05) is 64.9 Å². The number of piperazine rings is 1. The summed E-state index contributed by atoms with van der Waals surface area (Å²) >= 11 is 0. The van der Waals surface area contributed by atoms with Crippen LogP contribution in [0.5, 0.6) is 0 Å². The molecule has 2 N–H and O–H groups in total. The van der Waals surface area contributed by atoms with E-state index in [1.165, 1.54) is 18.4 Å². The van der Waals surface area contributed by atoms with Crippen molar-refractivity contribution in [3.63, 3.8) is 0 Å². The standard InChI is InChI=1S/C20H34N6O/c1-21-20(23-9-4-14-27-16-17-6-7-17)24-15-18-5-3-8-22-19(18)26-12-10-25(2)11-13-26/h3,5,8,17H,4,6-7,9-16H2,1-2H3,(H2,21,23,24). The van der Waals surface area contributed by atoms with Gasteiger partial charge in [0.25, 0.3) is 0 Å². The van der Waals surface area contributed by atoms with Crippen LogP contribution in [-0.2, 0) is 11.3 Å². The van der Waals surface area contributed by atoms with Crippen LogP contribution >= 0.6 is 0 Å². The van der Waals surface area contributed by atoms with E-state index >= 15 is 0 Å². The summed E-state index contributed by atoms with van der Waals surface area (Å²) < 4.78 is 5.68. The van der Waals surface area contributed by atoms with Gasteiger partial charge in [0.05, 0.1) is 0 Å². The molecule has 0 radical (unpaired) electrons. The van der Waals surface area contributed by atoms with Gasteiger partial charge in [0.1, 0.15) is 5.82 Å². The fourth-order valence-electron chi connectivity index (χ4n) is 3.19. The molecule has 7 heteroatoms. The molecule has 1 aliphatic heterocycles. The summed E-state index contributed by atoms with van der Waals surface area (Å²) in [5.41, 5.74) is 1.21. The maximum atomic E-state index is 5.68. The highest BCUT2D eigenvalue weighted by Gasteiger charge is 2.21. The lowest BCUT2D eigenvalue weighted by atomic mass is 10.2. The predicted molar refractivity (Wildman–Crippen MR) is 110 cm³/mol. The Balaban J connectivity index is 1.41. The molecule has 3 rings (SSSR count). The van der Waals surface area contributed by atoms with Gasteiger partial charge in [0, 0.05) is 71.3 Å². The first kappa shape index (κ1) is 19.9. The Labute approximate surface area is 163 Å². The van der Waals surface area contributed by atoms with Crippen molar-refractivity contribution < 1.29 is 4.74 Å². The molecule has 0 unspecified atom stereocenters. The molecule has 1 aliphatic carbocycles. The molecule has 0 amide bonds. The molecule has 7 nitrogen and oxygen atoms in total. The number of anilines is 1. The summed E-state index contributed by atoms with van der Waals surface area (Å²) in [6.45, 7) is 7.53. The summed E-state index contributed by atoms with van der Waals surface area (Å²) in [5, 5.41) is 6.78. The minimum absolute atomic E-state index is 0.716. The van der Waals surface area contributed by atoms with Crippen LogP contribution in [0.4, 0.5) is 5.82 Å². The first-order valence-electron chi connectivity index (χ1n) is 10.2. The van der Waals surface area contributed by atoms with Crippen LogP contribution in [0.1, 0.15) is 24.8 Å². The molecule has 27 heavy (non-hydrogen) atoms. The number of hydrogen-bond acceptors (Lipinski definition) is 5. The van der Waals surface area contributed by atoms with Gasteiger partial charge in [-0.05, 0) is 38.3 Å². The number of nitrogens with zero attached hydrogens (tertiary/aromatic N) is 4. The van der Waals surface area contributed by atoms with Crippen molar-refractivity contribution in [2.24, 2.45) is 10.9 Å². The van der Waals surface area contributed by atoms with Crippen molar-refractivity contribution in [3.05, 3.63) is 23.9 Å². The first-order chi connectivity index (χ1) is 13.3. The van der Waals surface area contributed by atoms with Gasteiger partial charge >= 0.3 is 0 Å². The first-order valence-corrected chi connectivity index (χ1v) is 10.2. The molecule has 0 spiro atoms. The second-order valence-corrected chi connectivity index (χ2v) is 7.50. The van der Waals surface area contributed by atoms with Gasteiger partial charge in [0.15, 0.2) is 5.96 Å². The van der Waals surface area contributed by atoms with Crippen LogP contribution in [0, 0.1) is 5.92 Å². The van der Waals surface area contributed by atoms with E-state index < -0.39 is 0 Å². The van der Waals surface area contributed by atoms with E-state index in [9.17, 15) is 0 Å². The molecule has 0 atom stereocenters. The Morgan fingerprint density at radius 3 is 2.81 bits per heavy atom. The number of pyridine rings is 1. The van der Waals surface area contributed by atoms with Crippen LogP contribution in [0.2, 0.25) is 0 Å². The number of aliphatic imine (C=N–C) groups is 1. The minimum Gasteiger partial charge on any atom is -0.381 e. The van der Waals surface area contributed by atoms with Gasteiger partial charge in [-0.3, -0.25) is 4.99 Å². The van der Waals surface area contributed by atoms with Gasteiger partial charge in [-0.25, -0.2) is 4.98 Å². The Morgan fingerprint density at radius 2 is 2.07 bits per heavy atom. The van der Waals surface area contributed by atoms with Crippen molar-refractivity contribution in [1.82, 2.24) is 20.5 Å². The average Bonchev–Trinajstić information content (AvgIpc) is 3.52. The van der Waals surface area contributed by atoms with Crippen molar-refractivity contribution in [2.45, 2.75) is 25.8 Å². The van der Waals surface area contributed by atoms with E-state index in [0.29, 0.717) is 6.54 Å². The number of aromatic nitrogens is 1. The maximum Gasteiger partial charge on any atom is 0.191 e. The van der Waals surface area contributed by atoms with Crippen molar-refractivity contribution in [3.8, 4) is 0 Å². The zero-order valence-electron chi connectivity index (χ0n) is 16.8. The Kier molecular flexibility index (Phi) is 7.71. The summed E-state index contributed by atoms with van der Waals surface area (Å²) in [7, 11) is 3.98. The zero-order chi connectivity index (χ0) is 18.9. The highest BCUT2D eigenvalue weighted by Crippen LogP contribution is 2.28. The zero-order valence-corrected chi connectivity index (χ0v) is 16.8. The Bertz CT molecular complexity index is 596. The van der Waals surface area contributed by atoms with E-state index in [1.54, 1.807) is 0 Å². The second kappa shape index (κ2) is 10.5. The smallest absolute Gasteiger partial charge is 0.191 e. The molecule has 2 aliphatic rings. The van der Waals surface area contributed by atoms with Crippen molar-refractivity contribution in [1.29, 1.82) is 0 Å². The van der Waals surface area contributed by atoms with Crippen molar-refractivity contribution >= 4 is 11.8 Å². The van der Waals surface area contributed by atoms with E-state index in [0.717, 1.165) is 70.1 Å². The van der Waals surface area contributed by atoms with Gasteiger partial charge in [0.2, 0.25) is 0 Å². The van der Waals surface area contributed by atoms with Crippen LogP contribution in [-0.4, -0.2) is 75.9 Å². The molecular formula is C20H34N6O. The number of guanidine groups is 1. The molecule has 1 aromatic rings. The van der Waals surface area contributed by atoms with E-state index in [1.807, 2.05) is 19.3 Å². The molecule has 0 bridgehead atoms. The number of hydrogen-bond donors (Lipinski definition) is 2. The van der Waals surface area contributed by atoms with Gasteiger partial charge < -0.3 is 25.2 Å². The number of nitrogens with one attached hydrogen (secondary N) is 2. The molecule has 150 valence electrons. The third kappa shape index (κ3) is 6.66. The summed E-state index contributed by atoms with van der Waals surface area (Å²) in [5.74, 6) is 2.74. The largest absolute Gasteiger partial charge is 0.381 e. The highest BCUT2D eigenvalue weighted by atomic mass is 16.5. The van der Waals surface area contributed by atoms with Crippen LogP contribution < -0.4 is 15.5 Å². The average molecular weight is 375 g/mol. The molecule has 1 saturated heterocycles. The topological polar surface area (TPSA) is 65.0 Å². The molecule has 1 saturated carbocycles. The Morgan fingerprint density at radius 1 is 1.26 bits per heavy atom. The van der Waals surface area contributed by atoms with Gasteiger partial charge in [-0.15, -0.1) is 0 Å². The highest BCUT2D eigenvalue weighted by molar-refractivity contribution is 5.79. The van der Waals surface area contributed by atoms with E-state index in [2.05, 4.69) is 43.5 Å². The molecule has 0 aromatic carbocycles. The lowest BCUT2D eigenvalue weighted by Gasteiger charge is -2.34. The molecule has 2 fully saturated rings. The third-order valence-corrected chi connectivity index (χ3v) is 5.15. The summed E-state index contributed by atoms with van der Waals surface area (Å²) in [4.78, 5) is 13.7. The molecule has 2 heterocycles. The molecular weight excluding hydrogens is 340 g/mol. The van der Waals surface area contributed by atoms with Crippen LogP contribution in [0.15, 0.2) is 23.3 Å². The monoisotopic (exact) mass is 374 g/mol. The second-order valence-electron chi connectivity index (χ2n) is 7.50. The number of rotatable bonds is 9. The fourth-order valence-corrected chi connectivity index (χ4v) is 3.19. The fraction of sp³-hybridized carbons (Fsp3) is 0.700. The minimum atomic E-state index is 0.716. The maximum absolute atomic E-state index is 5.68.